The number of rotatable bonds is 5. The second kappa shape index (κ2) is 7.78. The Kier molecular flexibility index (Phi) is 5.45. The predicted molar refractivity (Wildman–Crippen MR) is 112 cm³/mol. The van der Waals surface area contributed by atoms with Crippen molar-refractivity contribution in [3.8, 4) is 11.5 Å². The Morgan fingerprint density at radius 1 is 0.963 bits per heavy atom. The van der Waals surface area contributed by atoms with Gasteiger partial charge in [-0.15, -0.1) is 14.1 Å². The first-order valence-corrected chi connectivity index (χ1v) is 9.14. The van der Waals surface area contributed by atoms with Gasteiger partial charge >= 0.3 is 0 Å². The van der Waals surface area contributed by atoms with Gasteiger partial charge in [0.25, 0.3) is 0 Å². The summed E-state index contributed by atoms with van der Waals surface area (Å²) >= 11 is 0. The van der Waals surface area contributed by atoms with Crippen LogP contribution in [0.3, 0.4) is 0 Å². The van der Waals surface area contributed by atoms with Gasteiger partial charge in [0.15, 0.2) is 0 Å². The van der Waals surface area contributed by atoms with E-state index in [0.717, 1.165) is 41.1 Å². The number of ether oxygens (including phenoxy) is 1. The molecule has 0 spiro atoms. The Hall–Kier alpha value is -2.88. The summed E-state index contributed by atoms with van der Waals surface area (Å²) in [5.41, 5.74) is 4.77. The fraction of sp³-hybridized carbons (Fsp3) is 0.304. The number of aryl methyl sites for hydroxylation is 1. The smallest absolute Gasteiger partial charge is 0.123 e. The van der Waals surface area contributed by atoms with Crippen LogP contribution < -0.4 is 4.74 Å². The number of phenolic OH excluding ortho intramolecular Hbond substituents is 1. The van der Waals surface area contributed by atoms with Crippen molar-refractivity contribution in [1.82, 2.24) is 0 Å². The highest BCUT2D eigenvalue weighted by Gasteiger charge is 2.26. The molecule has 0 aliphatic carbocycles. The van der Waals surface area contributed by atoms with Crippen LogP contribution in [0, 0.1) is 0 Å². The van der Waals surface area contributed by atoms with Gasteiger partial charge in [-0.05, 0) is 67.6 Å². The maximum absolute atomic E-state index is 9.44. The molecule has 1 heterocycles. The van der Waals surface area contributed by atoms with Gasteiger partial charge in [0, 0.05) is 0 Å². The standard InChI is InChI=1S/C23H26N2O2/c1-23(2)12-11-18-13-17(7-10-22(18)27-23)15-21(25-4)20(24-3)14-16-5-8-19(26)9-6-16/h5-10,13-15,26H,11-12H2,1-4H3/q-2. The molecule has 1 aliphatic heterocycles. The fourth-order valence-electron chi connectivity index (χ4n) is 3.16. The number of benzene rings is 2. The molecular weight excluding hydrogens is 336 g/mol. The van der Waals surface area contributed by atoms with Crippen molar-refractivity contribution in [1.29, 1.82) is 0 Å². The number of hydrogen-bond acceptors (Lipinski definition) is 2. The van der Waals surface area contributed by atoms with E-state index < -0.39 is 0 Å². The minimum Gasteiger partial charge on any atom is -0.688 e. The van der Waals surface area contributed by atoms with E-state index in [1.54, 1.807) is 26.2 Å². The molecule has 2 aromatic carbocycles. The molecule has 4 nitrogen and oxygen atoms in total. The van der Waals surface area contributed by atoms with Crippen LogP contribution in [-0.2, 0) is 6.42 Å². The van der Waals surface area contributed by atoms with E-state index >= 15 is 0 Å². The zero-order valence-corrected chi connectivity index (χ0v) is 16.4. The quantitative estimate of drug-likeness (QED) is 0.675. The Morgan fingerprint density at radius 3 is 2.19 bits per heavy atom. The van der Waals surface area contributed by atoms with Gasteiger partial charge in [-0.25, -0.2) is 0 Å². The third-order valence-corrected chi connectivity index (χ3v) is 4.71. The van der Waals surface area contributed by atoms with Gasteiger partial charge in [-0.1, -0.05) is 30.4 Å². The number of hydrogen-bond donors (Lipinski definition) is 1. The molecule has 0 amide bonds. The van der Waals surface area contributed by atoms with Crippen LogP contribution in [-0.4, -0.2) is 24.8 Å². The molecule has 0 saturated carbocycles. The minimum absolute atomic E-state index is 0.102. The molecule has 1 aliphatic rings. The molecule has 4 heteroatoms. The van der Waals surface area contributed by atoms with Gasteiger partial charge in [0.1, 0.15) is 17.1 Å². The molecule has 0 radical (unpaired) electrons. The van der Waals surface area contributed by atoms with E-state index in [2.05, 4.69) is 36.6 Å². The fourth-order valence-corrected chi connectivity index (χ4v) is 3.16. The van der Waals surface area contributed by atoms with Crippen molar-refractivity contribution in [3.63, 3.8) is 0 Å². The zero-order chi connectivity index (χ0) is 19.4. The van der Waals surface area contributed by atoms with Crippen molar-refractivity contribution in [3.05, 3.63) is 81.2 Å². The SMILES string of the molecule is C[N-]C(=Cc1ccc(O)cc1)C(=Cc1ccc2c(c1)CCC(C)(C)O2)[N-]C. The molecule has 0 unspecified atom stereocenters. The van der Waals surface area contributed by atoms with Crippen molar-refractivity contribution in [2.45, 2.75) is 32.3 Å². The largest absolute Gasteiger partial charge is 0.688 e. The van der Waals surface area contributed by atoms with Crippen LogP contribution in [0.2, 0.25) is 0 Å². The Labute approximate surface area is 161 Å². The van der Waals surface area contributed by atoms with Crippen LogP contribution in [0.15, 0.2) is 53.9 Å². The molecule has 2 aromatic rings. The van der Waals surface area contributed by atoms with Gasteiger partial charge in [-0.3, -0.25) is 0 Å². The number of likely N-dealkylation sites (N-methyl/N-ethyl adjacent to an activating group) is 2. The average Bonchev–Trinajstić information content (AvgIpc) is 2.65. The average molecular weight is 362 g/mol. The monoisotopic (exact) mass is 362 g/mol. The summed E-state index contributed by atoms with van der Waals surface area (Å²) in [5, 5.41) is 18.3. The molecule has 0 bridgehead atoms. The van der Waals surface area contributed by atoms with Crippen LogP contribution in [0.4, 0.5) is 0 Å². The van der Waals surface area contributed by atoms with Crippen molar-refractivity contribution >= 4 is 12.2 Å². The number of nitrogens with zero attached hydrogens (tertiary/aromatic N) is 2. The molecule has 3 rings (SSSR count). The van der Waals surface area contributed by atoms with E-state index in [1.807, 2.05) is 30.4 Å². The molecule has 0 saturated heterocycles. The van der Waals surface area contributed by atoms with E-state index in [1.165, 1.54) is 5.56 Å². The first kappa shape index (κ1) is 18.9. The summed E-state index contributed by atoms with van der Waals surface area (Å²) in [7, 11) is 3.53. The van der Waals surface area contributed by atoms with Crippen LogP contribution >= 0.6 is 0 Å². The molecular formula is C23H26N2O2-2. The van der Waals surface area contributed by atoms with Crippen LogP contribution in [0.1, 0.15) is 37.0 Å². The molecule has 0 fully saturated rings. The van der Waals surface area contributed by atoms with Crippen molar-refractivity contribution < 1.29 is 9.84 Å². The Bertz CT molecular complexity index is 864. The zero-order valence-electron chi connectivity index (χ0n) is 16.4. The summed E-state index contributed by atoms with van der Waals surface area (Å²) in [6, 6.07) is 13.3. The molecule has 0 aromatic heterocycles. The van der Waals surface area contributed by atoms with Crippen molar-refractivity contribution in [2.24, 2.45) is 0 Å². The highest BCUT2D eigenvalue weighted by Crippen LogP contribution is 2.34. The summed E-state index contributed by atoms with van der Waals surface area (Å²) in [6.45, 7) is 4.25. The lowest BCUT2D eigenvalue weighted by atomic mass is 9.93. The van der Waals surface area contributed by atoms with Crippen LogP contribution in [0.5, 0.6) is 11.5 Å². The van der Waals surface area contributed by atoms with Gasteiger partial charge < -0.3 is 20.5 Å². The second-order valence-corrected chi connectivity index (χ2v) is 7.33. The summed E-state index contributed by atoms with van der Waals surface area (Å²) in [5.74, 6) is 1.22. The normalized spacial score (nSPS) is 16.3. The third kappa shape index (κ3) is 4.64. The lowest BCUT2D eigenvalue weighted by Gasteiger charge is -2.33. The predicted octanol–water partition coefficient (Wildman–Crippen LogP) is 5.88. The molecule has 27 heavy (non-hydrogen) atoms. The summed E-state index contributed by atoms with van der Waals surface area (Å²) < 4.78 is 6.07. The molecule has 0 atom stereocenters. The van der Waals surface area contributed by atoms with Crippen LogP contribution in [0.25, 0.3) is 22.8 Å². The first-order chi connectivity index (χ1) is 12.9. The molecule has 142 valence electrons. The number of fused-ring (bicyclic) bond motifs is 1. The lowest BCUT2D eigenvalue weighted by molar-refractivity contribution is 0.0847. The summed E-state index contributed by atoms with van der Waals surface area (Å²) in [4.78, 5) is 0. The van der Waals surface area contributed by atoms with E-state index in [9.17, 15) is 5.11 Å². The first-order valence-electron chi connectivity index (χ1n) is 9.14. The maximum Gasteiger partial charge on any atom is 0.123 e. The highest BCUT2D eigenvalue weighted by atomic mass is 16.5. The Morgan fingerprint density at radius 2 is 1.56 bits per heavy atom. The van der Waals surface area contributed by atoms with E-state index in [0.29, 0.717) is 0 Å². The minimum atomic E-state index is -0.102. The lowest BCUT2D eigenvalue weighted by Crippen LogP contribution is -2.32. The molecule has 1 N–H and O–H groups in total. The van der Waals surface area contributed by atoms with E-state index in [-0.39, 0.29) is 11.4 Å². The maximum atomic E-state index is 9.44. The van der Waals surface area contributed by atoms with Gasteiger partial charge in [0.2, 0.25) is 0 Å². The topological polar surface area (TPSA) is 57.7 Å². The van der Waals surface area contributed by atoms with E-state index in [4.69, 9.17) is 4.74 Å². The van der Waals surface area contributed by atoms with Gasteiger partial charge in [0.05, 0.1) is 0 Å². The highest BCUT2D eigenvalue weighted by molar-refractivity contribution is 5.71. The van der Waals surface area contributed by atoms with Crippen molar-refractivity contribution in [2.75, 3.05) is 14.1 Å². The summed E-state index contributed by atoms with van der Waals surface area (Å²) in [6.07, 6.45) is 6.02. The van der Waals surface area contributed by atoms with Gasteiger partial charge in [-0.2, -0.15) is 11.4 Å². The Balaban J connectivity index is 1.90. The third-order valence-electron chi connectivity index (χ3n) is 4.71. The number of phenols is 1. The number of aromatic hydroxyl groups is 1. The second-order valence-electron chi connectivity index (χ2n) is 7.33.